The Morgan fingerprint density at radius 3 is 2.85 bits per heavy atom. The molecule has 0 fully saturated rings. The van der Waals surface area contributed by atoms with Gasteiger partial charge in [0, 0.05) is 11.6 Å². The van der Waals surface area contributed by atoms with Crippen LogP contribution >= 0.6 is 11.3 Å². The average Bonchev–Trinajstić information content (AvgIpc) is 3.31. The highest BCUT2D eigenvalue weighted by molar-refractivity contribution is 7.14. The van der Waals surface area contributed by atoms with Crippen LogP contribution < -0.4 is 9.80 Å². The first-order chi connectivity index (χ1) is 12.8. The number of aromatic nitrogens is 2. The fraction of sp³-hybridized carbons (Fsp3) is 0.238. The summed E-state index contributed by atoms with van der Waals surface area (Å²) < 4.78 is 0. The number of fused-ring (bicyclic) bond motifs is 5. The highest BCUT2D eigenvalue weighted by Crippen LogP contribution is 2.56. The molecule has 2 aliphatic rings. The maximum atomic E-state index is 4.67. The van der Waals surface area contributed by atoms with Gasteiger partial charge in [-0.1, -0.05) is 31.2 Å². The van der Waals surface area contributed by atoms with Crippen LogP contribution in [0.15, 0.2) is 67.0 Å². The first-order valence-corrected chi connectivity index (χ1v) is 9.81. The van der Waals surface area contributed by atoms with Crippen molar-refractivity contribution in [3.05, 3.63) is 72.5 Å². The van der Waals surface area contributed by atoms with Crippen molar-refractivity contribution in [3.63, 3.8) is 0 Å². The minimum absolute atomic E-state index is 0.195. The Kier molecular flexibility index (Phi) is 3.57. The molecule has 130 valence electrons. The van der Waals surface area contributed by atoms with Gasteiger partial charge < -0.3 is 9.80 Å². The van der Waals surface area contributed by atoms with E-state index < -0.39 is 0 Å². The van der Waals surface area contributed by atoms with Crippen LogP contribution in [0.5, 0.6) is 0 Å². The molecule has 4 heterocycles. The molecule has 0 aliphatic carbocycles. The van der Waals surface area contributed by atoms with E-state index in [9.17, 15) is 0 Å². The third-order valence-electron chi connectivity index (χ3n) is 5.55. The Balaban J connectivity index is 1.76. The summed E-state index contributed by atoms with van der Waals surface area (Å²) in [6.45, 7) is 6.36. The summed E-state index contributed by atoms with van der Waals surface area (Å²) in [5.41, 5.74) is 3.72. The Morgan fingerprint density at radius 2 is 2.04 bits per heavy atom. The molecule has 1 aromatic carbocycles. The van der Waals surface area contributed by atoms with Gasteiger partial charge in [0.1, 0.15) is 18.2 Å². The summed E-state index contributed by atoms with van der Waals surface area (Å²) in [5.74, 6) is 1.85. The van der Waals surface area contributed by atoms with Gasteiger partial charge in [0.25, 0.3) is 0 Å². The van der Waals surface area contributed by atoms with E-state index in [2.05, 4.69) is 75.0 Å². The van der Waals surface area contributed by atoms with Gasteiger partial charge in [0.2, 0.25) is 0 Å². The van der Waals surface area contributed by atoms with Crippen molar-refractivity contribution in [3.8, 4) is 0 Å². The molecule has 3 atom stereocenters. The van der Waals surface area contributed by atoms with E-state index in [1.165, 1.54) is 16.3 Å². The molecule has 0 N–H and O–H groups in total. The maximum absolute atomic E-state index is 4.67. The third kappa shape index (κ3) is 2.07. The van der Waals surface area contributed by atoms with Gasteiger partial charge in [-0.3, -0.25) is 0 Å². The molecule has 26 heavy (non-hydrogen) atoms. The first kappa shape index (κ1) is 15.6. The number of para-hydroxylation sites is 1. The molecule has 3 aromatic rings. The monoisotopic (exact) mass is 360 g/mol. The van der Waals surface area contributed by atoms with Crippen LogP contribution in [-0.2, 0) is 0 Å². The second-order valence-corrected chi connectivity index (χ2v) is 7.81. The number of rotatable bonds is 3. The van der Waals surface area contributed by atoms with Crippen LogP contribution in [0.2, 0.25) is 0 Å². The summed E-state index contributed by atoms with van der Waals surface area (Å²) in [5, 5.41) is 3.36. The molecular formula is C21H20N4S. The number of benzene rings is 1. The molecule has 0 saturated heterocycles. The quantitative estimate of drug-likeness (QED) is 0.580. The molecule has 5 rings (SSSR count). The molecule has 3 unspecified atom stereocenters. The molecule has 2 aromatic heterocycles. The summed E-state index contributed by atoms with van der Waals surface area (Å²) in [6, 6.07) is 13.0. The minimum atomic E-state index is 0.195. The van der Waals surface area contributed by atoms with Crippen LogP contribution in [-0.4, -0.2) is 16.1 Å². The average molecular weight is 360 g/mol. The predicted octanol–water partition coefficient (Wildman–Crippen LogP) is 5.46. The molecule has 0 spiro atoms. The fourth-order valence-electron chi connectivity index (χ4n) is 4.47. The summed E-state index contributed by atoms with van der Waals surface area (Å²) in [4.78, 5) is 13.8. The SMILES string of the molecule is C=CCC1c2ccccc2N2c3ncncc3N(c3cccs3)C2C1C. The molecule has 2 aliphatic heterocycles. The van der Waals surface area contributed by atoms with Crippen LogP contribution in [0, 0.1) is 5.92 Å². The van der Waals surface area contributed by atoms with E-state index in [-0.39, 0.29) is 6.17 Å². The minimum Gasteiger partial charge on any atom is -0.307 e. The number of anilines is 4. The zero-order valence-corrected chi connectivity index (χ0v) is 15.4. The second kappa shape index (κ2) is 5.95. The van der Waals surface area contributed by atoms with Gasteiger partial charge in [0.15, 0.2) is 5.82 Å². The Hall–Kier alpha value is -2.66. The normalized spacial score (nSPS) is 23.3. The lowest BCUT2D eigenvalue weighted by Gasteiger charge is -2.45. The van der Waals surface area contributed by atoms with Crippen LogP contribution in [0.1, 0.15) is 24.8 Å². The molecule has 4 nitrogen and oxygen atoms in total. The Bertz CT molecular complexity index is 952. The van der Waals surface area contributed by atoms with Crippen molar-refractivity contribution in [1.29, 1.82) is 0 Å². The summed E-state index contributed by atoms with van der Waals surface area (Å²) in [7, 11) is 0. The highest BCUT2D eigenvalue weighted by Gasteiger charge is 2.48. The van der Waals surface area contributed by atoms with E-state index in [4.69, 9.17) is 0 Å². The zero-order valence-electron chi connectivity index (χ0n) is 14.6. The number of allylic oxidation sites excluding steroid dienone is 1. The van der Waals surface area contributed by atoms with Crippen LogP contribution in [0.4, 0.5) is 22.2 Å². The fourth-order valence-corrected chi connectivity index (χ4v) is 5.24. The molecule has 5 heteroatoms. The van der Waals surface area contributed by atoms with Crippen molar-refractivity contribution >= 4 is 33.5 Å². The molecular weight excluding hydrogens is 340 g/mol. The van der Waals surface area contributed by atoms with Crippen molar-refractivity contribution < 1.29 is 0 Å². The van der Waals surface area contributed by atoms with Gasteiger partial charge in [0.05, 0.1) is 11.2 Å². The van der Waals surface area contributed by atoms with Crippen molar-refractivity contribution in [2.24, 2.45) is 5.92 Å². The van der Waals surface area contributed by atoms with Gasteiger partial charge >= 0.3 is 0 Å². The number of hydrogen-bond donors (Lipinski definition) is 0. The molecule has 0 radical (unpaired) electrons. The largest absolute Gasteiger partial charge is 0.307 e. The van der Waals surface area contributed by atoms with Crippen LogP contribution in [0.25, 0.3) is 0 Å². The van der Waals surface area contributed by atoms with Gasteiger partial charge in [-0.2, -0.15) is 0 Å². The molecule has 0 bridgehead atoms. The lowest BCUT2D eigenvalue weighted by Crippen LogP contribution is -2.48. The lowest BCUT2D eigenvalue weighted by atomic mass is 9.78. The number of hydrogen-bond acceptors (Lipinski definition) is 5. The van der Waals surface area contributed by atoms with E-state index in [0.717, 1.165) is 17.9 Å². The topological polar surface area (TPSA) is 32.3 Å². The van der Waals surface area contributed by atoms with E-state index in [0.29, 0.717) is 11.8 Å². The lowest BCUT2D eigenvalue weighted by molar-refractivity contribution is 0.369. The van der Waals surface area contributed by atoms with Crippen molar-refractivity contribution in [1.82, 2.24) is 9.97 Å². The number of nitrogens with zero attached hydrogens (tertiary/aromatic N) is 4. The van der Waals surface area contributed by atoms with E-state index in [1.54, 1.807) is 17.7 Å². The highest BCUT2D eigenvalue weighted by atomic mass is 32.1. The molecule has 0 saturated carbocycles. The number of thiophene rings is 1. The van der Waals surface area contributed by atoms with E-state index in [1.807, 2.05) is 12.3 Å². The van der Waals surface area contributed by atoms with E-state index >= 15 is 0 Å². The first-order valence-electron chi connectivity index (χ1n) is 8.93. The smallest absolute Gasteiger partial charge is 0.162 e. The van der Waals surface area contributed by atoms with Gasteiger partial charge in [-0.25, -0.2) is 9.97 Å². The maximum Gasteiger partial charge on any atom is 0.162 e. The van der Waals surface area contributed by atoms with Gasteiger partial charge in [-0.05, 0) is 41.5 Å². The standard InChI is InChI=1S/C21H20N4S/c1-3-7-15-14(2)21-24(19-10-6-11-26-19)18-12-22-13-23-20(18)25(21)17-9-5-4-8-16(15)17/h3-6,8-15,21H,1,7H2,2H3. The predicted molar refractivity (Wildman–Crippen MR) is 108 cm³/mol. The zero-order chi connectivity index (χ0) is 17.7. The van der Waals surface area contributed by atoms with Gasteiger partial charge in [-0.15, -0.1) is 17.9 Å². The van der Waals surface area contributed by atoms with Crippen LogP contribution in [0.3, 0.4) is 0 Å². The van der Waals surface area contributed by atoms with Crippen molar-refractivity contribution in [2.75, 3.05) is 9.80 Å². The van der Waals surface area contributed by atoms with Crippen molar-refractivity contribution in [2.45, 2.75) is 25.4 Å². The summed E-state index contributed by atoms with van der Waals surface area (Å²) >= 11 is 1.76. The summed E-state index contributed by atoms with van der Waals surface area (Å²) in [6.07, 6.45) is 6.81. The second-order valence-electron chi connectivity index (χ2n) is 6.89. The Labute approximate surface area is 157 Å². The molecule has 0 amide bonds. The Morgan fingerprint density at radius 1 is 1.15 bits per heavy atom. The third-order valence-corrected chi connectivity index (χ3v) is 6.42.